The molecule has 440 valence electrons. The molecule has 4 aliphatic rings. The second-order valence-electron chi connectivity index (χ2n) is 23.0. The summed E-state index contributed by atoms with van der Waals surface area (Å²) in [7, 11) is 4.40. The number of carbonyl (C=O) groups is 10. The number of aliphatic hydroxyl groups is 1. The van der Waals surface area contributed by atoms with Gasteiger partial charge in [0.05, 0.1) is 43.7 Å². The molecule has 3 unspecified atom stereocenters. The molecular weight excluding hydrogens is 1040 g/mol. The number of cyclic esters (lactones) is 2. The Labute approximate surface area is 469 Å². The predicted molar refractivity (Wildman–Crippen MR) is 294 cm³/mol. The topological polar surface area (TPSA) is 288 Å². The van der Waals surface area contributed by atoms with Gasteiger partial charge < -0.3 is 60.6 Å². The third kappa shape index (κ3) is 16.3. The highest BCUT2D eigenvalue weighted by Gasteiger charge is 2.47. The van der Waals surface area contributed by atoms with E-state index < -0.39 is 126 Å². The van der Waals surface area contributed by atoms with Gasteiger partial charge in [0.2, 0.25) is 35.4 Å². The van der Waals surface area contributed by atoms with Crippen LogP contribution in [0.15, 0.2) is 24.3 Å². The van der Waals surface area contributed by atoms with Crippen molar-refractivity contribution in [2.45, 2.75) is 193 Å². The molecule has 23 heteroatoms. The van der Waals surface area contributed by atoms with Gasteiger partial charge in [0.25, 0.3) is 0 Å². The first-order chi connectivity index (χ1) is 37.2. The van der Waals surface area contributed by atoms with E-state index in [4.69, 9.17) is 14.2 Å². The van der Waals surface area contributed by atoms with Gasteiger partial charge in [-0.05, 0) is 80.9 Å². The predicted octanol–water partition coefficient (Wildman–Crippen LogP) is 2.50. The average Bonchev–Trinajstić information content (AvgIpc) is 4.14. The summed E-state index contributed by atoms with van der Waals surface area (Å²) in [6.45, 7) is 17.1. The second kappa shape index (κ2) is 28.4. The van der Waals surface area contributed by atoms with Crippen LogP contribution < -0.4 is 31.3 Å². The molecule has 0 bridgehead atoms. The lowest BCUT2D eigenvalue weighted by atomic mass is 9.91. The van der Waals surface area contributed by atoms with Crippen molar-refractivity contribution in [3.8, 4) is 5.75 Å². The minimum absolute atomic E-state index is 0.00571. The number of ketones is 1. The van der Waals surface area contributed by atoms with Crippen LogP contribution >= 0.6 is 11.8 Å². The zero-order valence-electron chi connectivity index (χ0n) is 48.2. The van der Waals surface area contributed by atoms with E-state index in [9.17, 15) is 48.3 Å². The van der Waals surface area contributed by atoms with Crippen LogP contribution in [0.5, 0.6) is 5.75 Å². The monoisotopic (exact) mass is 1130 g/mol. The molecule has 1 aromatic rings. The van der Waals surface area contributed by atoms with Gasteiger partial charge in [-0.3, -0.25) is 38.4 Å². The van der Waals surface area contributed by atoms with Gasteiger partial charge in [-0.15, -0.1) is 0 Å². The fourth-order valence-corrected chi connectivity index (χ4v) is 12.1. The summed E-state index contributed by atoms with van der Waals surface area (Å²) in [5, 5.41) is 25.6. The number of nitrogens with one attached hydrogen (secondary N) is 5. The highest BCUT2D eigenvalue weighted by Crippen LogP contribution is 2.33. The number of fused-ring (bicyclic) bond motifs is 2. The van der Waals surface area contributed by atoms with E-state index in [-0.39, 0.29) is 79.8 Å². The van der Waals surface area contributed by atoms with Crippen molar-refractivity contribution in [2.75, 3.05) is 33.5 Å². The zero-order chi connectivity index (χ0) is 58.7. The lowest BCUT2D eigenvalue weighted by Crippen LogP contribution is -2.61. The van der Waals surface area contributed by atoms with E-state index in [1.165, 1.54) is 61.5 Å². The molecule has 4 saturated heterocycles. The summed E-state index contributed by atoms with van der Waals surface area (Å²) >= 11 is 1.53. The van der Waals surface area contributed by atoms with Crippen LogP contribution in [0.3, 0.4) is 0 Å². The van der Waals surface area contributed by atoms with E-state index in [0.29, 0.717) is 29.9 Å². The van der Waals surface area contributed by atoms with Crippen LogP contribution in [0.25, 0.3) is 0 Å². The molecule has 1 aromatic carbocycles. The number of Topliss-reactive ketones (excluding diaryl/α,β-unsaturated/α-hetero) is 1. The minimum Gasteiger partial charge on any atom is -0.497 e. The number of esters is 2. The number of thioether (sulfide) groups is 1. The van der Waals surface area contributed by atoms with Crippen LogP contribution in [0, 0.1) is 29.6 Å². The summed E-state index contributed by atoms with van der Waals surface area (Å²) < 4.78 is 17.3. The maximum Gasteiger partial charge on any atom is 0.329 e. The fraction of sp³-hybridized carbons (Fsp3) is 0.714. The molecular formula is C56H86N8O14S. The quantitative estimate of drug-likeness (QED) is 0.0836. The maximum atomic E-state index is 15.0. The van der Waals surface area contributed by atoms with Crippen molar-refractivity contribution in [2.24, 2.45) is 29.6 Å². The molecule has 4 fully saturated rings. The maximum absolute atomic E-state index is 15.0. The van der Waals surface area contributed by atoms with Gasteiger partial charge in [-0.25, -0.2) is 9.59 Å². The van der Waals surface area contributed by atoms with Gasteiger partial charge in [0.1, 0.15) is 42.1 Å². The Morgan fingerprint density at radius 3 is 2.18 bits per heavy atom. The molecule has 0 radical (unpaired) electrons. The van der Waals surface area contributed by atoms with Gasteiger partial charge >= 0.3 is 18.0 Å². The van der Waals surface area contributed by atoms with Crippen LogP contribution in [-0.2, 0) is 59.0 Å². The summed E-state index contributed by atoms with van der Waals surface area (Å²) in [6, 6.07) is -1.69. The van der Waals surface area contributed by atoms with Crippen molar-refractivity contribution < 1.29 is 67.3 Å². The molecule has 4 heterocycles. The molecule has 0 aliphatic carbocycles. The molecule has 0 spiro atoms. The second-order valence-corrected chi connectivity index (χ2v) is 24.2. The Morgan fingerprint density at radius 1 is 0.899 bits per heavy atom. The average molecular weight is 1130 g/mol. The van der Waals surface area contributed by atoms with Crippen LogP contribution in [-0.4, -0.2) is 184 Å². The van der Waals surface area contributed by atoms with E-state index in [1.54, 1.807) is 52.0 Å². The molecule has 5 rings (SSSR count). The number of urea groups is 1. The molecule has 0 saturated carbocycles. The number of hydrogen-bond donors (Lipinski definition) is 6. The van der Waals surface area contributed by atoms with Crippen molar-refractivity contribution in [3.05, 3.63) is 29.8 Å². The summed E-state index contributed by atoms with van der Waals surface area (Å²) in [5.41, 5.74) is 0.587. The van der Waals surface area contributed by atoms with E-state index >= 15 is 4.79 Å². The summed E-state index contributed by atoms with van der Waals surface area (Å²) in [6.07, 6.45) is -4.13. The fourth-order valence-electron chi connectivity index (χ4n) is 10.7. The molecule has 22 nitrogen and oxygen atoms in total. The van der Waals surface area contributed by atoms with Crippen LogP contribution in [0.2, 0.25) is 0 Å². The van der Waals surface area contributed by atoms with E-state index in [2.05, 4.69) is 26.6 Å². The molecule has 0 aromatic heterocycles. The van der Waals surface area contributed by atoms with Gasteiger partial charge in [0.15, 0.2) is 11.9 Å². The van der Waals surface area contributed by atoms with Gasteiger partial charge in [-0.2, -0.15) is 11.8 Å². The number of amides is 8. The third-order valence-electron chi connectivity index (χ3n) is 15.7. The van der Waals surface area contributed by atoms with E-state index in [0.717, 1.165) is 0 Å². The number of nitrogens with zero attached hydrogens (tertiary/aromatic N) is 3. The third-order valence-corrected chi connectivity index (χ3v) is 17.1. The van der Waals surface area contributed by atoms with Crippen LogP contribution in [0.1, 0.15) is 120 Å². The molecule has 8 amide bonds. The molecule has 14 atom stereocenters. The number of aliphatic hydroxyl groups excluding tert-OH is 1. The Balaban J connectivity index is 1.59. The largest absolute Gasteiger partial charge is 0.497 e. The number of hydrogen-bond acceptors (Lipinski definition) is 15. The smallest absolute Gasteiger partial charge is 0.329 e. The Kier molecular flexibility index (Phi) is 23.0. The summed E-state index contributed by atoms with van der Waals surface area (Å²) in [4.78, 5) is 146. The number of likely N-dealkylation sites (N-methyl/N-ethyl adjacent to an activating group) is 2. The number of benzene rings is 1. The van der Waals surface area contributed by atoms with Gasteiger partial charge in [0, 0.05) is 44.5 Å². The number of carbonyl (C=O) groups excluding carboxylic acids is 10. The Hall–Kier alpha value is -5.97. The molecule has 6 N–H and O–H groups in total. The standard InChI is InChI=1S/C56H86N8O14S/c1-14-31(8)45-41(65)25-44(67)78-49(30(6)7)48(68)32(9)50(69)57-36(22-28(2)3)53(72)64-21-15-16-38(64)54(73)63(12)40(24-34-17-19-35(76-13)20-18-34)55(74)77-33(10)46(52(71)59-45)60-51(70)39(23-29(4)5)62(11)43(66)26-42-47-37(27-79-42)58-56(75)61-47/h17-20,28-33,36-42,45-47,49,65H,14-16,21-27H2,1-13H3,(H,57,69)(H,59,71)(H,60,70)(H2,58,61,75)/t31-,32-,33+,36-,37?,38-,39+,40-,41-,42?,45+,46-,47?,49-/m0/s1. The van der Waals surface area contributed by atoms with Crippen molar-refractivity contribution in [1.82, 2.24) is 41.3 Å². The first kappa shape index (κ1) is 63.9. The number of ether oxygens (including phenoxy) is 3. The van der Waals surface area contributed by atoms with Crippen molar-refractivity contribution in [3.63, 3.8) is 0 Å². The van der Waals surface area contributed by atoms with Crippen molar-refractivity contribution >= 4 is 71.0 Å². The van der Waals surface area contributed by atoms with Gasteiger partial charge in [-0.1, -0.05) is 73.9 Å². The zero-order valence-corrected chi connectivity index (χ0v) is 49.0. The summed E-state index contributed by atoms with van der Waals surface area (Å²) in [5.74, 6) is -8.52. The normalized spacial score (nSPS) is 29.7. The highest BCUT2D eigenvalue weighted by molar-refractivity contribution is 8.00. The number of rotatable bonds is 15. The van der Waals surface area contributed by atoms with Crippen molar-refractivity contribution in [1.29, 1.82) is 0 Å². The SMILES string of the molecule is CC[C@H](C)[C@H]1NC(=O)[C@@H](NC(=O)[C@@H](CC(C)C)N(C)C(=O)CC2SCC3NC(=O)NC32)[C@@H](C)OC(=O)[C@H](Cc2ccc(OC)cc2)N(C)C(=O)[C@@H]2CCCN2C(=O)[C@H](CC(C)C)NC(=O)[C@@H](C)C(=O)[C@H](C(C)C)OC(=O)C[C@@H]1O. The van der Waals surface area contributed by atoms with E-state index in [1.807, 2.05) is 27.7 Å². The number of methoxy groups -OCH3 is 1. The minimum atomic E-state index is -1.72. The first-order valence-electron chi connectivity index (χ1n) is 27.8. The first-order valence-corrected chi connectivity index (χ1v) is 28.9. The molecule has 79 heavy (non-hydrogen) atoms. The highest BCUT2D eigenvalue weighted by atomic mass is 32.2. The lowest BCUT2D eigenvalue weighted by molar-refractivity contribution is -0.163. The molecule has 4 aliphatic heterocycles. The van der Waals surface area contributed by atoms with Crippen LogP contribution in [0.4, 0.5) is 4.79 Å². The Bertz CT molecular complexity index is 2370. The lowest BCUT2D eigenvalue weighted by Gasteiger charge is -2.36. The Morgan fingerprint density at radius 2 is 1.57 bits per heavy atom.